The van der Waals surface area contributed by atoms with Gasteiger partial charge in [-0.15, -0.1) is 0 Å². The molecule has 0 aliphatic carbocycles. The summed E-state index contributed by atoms with van der Waals surface area (Å²) >= 11 is 0. The first kappa shape index (κ1) is 14.1. The first-order valence-corrected chi connectivity index (χ1v) is 5.18. The molecule has 0 aromatic heterocycles. The molecule has 0 aromatic carbocycles. The minimum atomic E-state index is -0.810. The normalized spacial score (nSPS) is 13.5. The average Bonchev–Trinajstić information content (AvgIpc) is 2.00. The molecule has 0 heterocycles. The fraction of sp³-hybridized carbons (Fsp3) is 0.818. The van der Waals surface area contributed by atoms with Gasteiger partial charge in [-0.1, -0.05) is 0 Å². The van der Waals surface area contributed by atoms with Gasteiger partial charge < -0.3 is 14.6 Å². The van der Waals surface area contributed by atoms with E-state index in [1.165, 1.54) is 0 Å². The number of aliphatic carboxylic acids is 1. The number of aldehydes is 1. The van der Waals surface area contributed by atoms with Crippen molar-refractivity contribution in [1.82, 2.24) is 0 Å². The maximum Gasteiger partial charge on any atom is 0.303 e. The van der Waals surface area contributed by atoms with Crippen molar-refractivity contribution in [2.45, 2.75) is 58.2 Å². The molecule has 0 saturated carbocycles. The molecule has 1 N–H and O–H groups in total. The van der Waals surface area contributed by atoms with E-state index in [1.54, 1.807) is 0 Å². The van der Waals surface area contributed by atoms with E-state index >= 15 is 0 Å². The molecule has 4 nitrogen and oxygen atoms in total. The van der Waals surface area contributed by atoms with Crippen molar-refractivity contribution in [3.8, 4) is 0 Å². The highest BCUT2D eigenvalue weighted by molar-refractivity contribution is 5.66. The molecule has 0 spiro atoms. The maximum absolute atomic E-state index is 10.4. The molecular formula is C11H20O4. The molecule has 0 aliphatic rings. The van der Waals surface area contributed by atoms with E-state index in [0.29, 0.717) is 19.3 Å². The van der Waals surface area contributed by atoms with Crippen molar-refractivity contribution in [3.63, 3.8) is 0 Å². The largest absolute Gasteiger partial charge is 0.481 e. The van der Waals surface area contributed by atoms with Crippen LogP contribution in [0, 0.1) is 0 Å². The molecular weight excluding hydrogens is 196 g/mol. The van der Waals surface area contributed by atoms with E-state index in [1.807, 2.05) is 20.8 Å². The first-order chi connectivity index (χ1) is 6.85. The molecule has 0 bridgehead atoms. The number of ether oxygens (including phenoxy) is 1. The molecule has 1 unspecified atom stereocenters. The maximum atomic E-state index is 10.4. The van der Waals surface area contributed by atoms with Gasteiger partial charge in [-0.2, -0.15) is 0 Å². The molecule has 0 rings (SSSR count). The number of rotatable bonds is 7. The van der Waals surface area contributed by atoms with Crippen molar-refractivity contribution >= 4 is 12.3 Å². The van der Waals surface area contributed by atoms with Crippen molar-refractivity contribution in [2.75, 3.05) is 0 Å². The Morgan fingerprint density at radius 1 is 1.47 bits per heavy atom. The Bertz CT molecular complexity index is 205. The second-order valence-corrected chi connectivity index (χ2v) is 4.54. The summed E-state index contributed by atoms with van der Waals surface area (Å²) in [7, 11) is 0. The van der Waals surface area contributed by atoms with Crippen LogP contribution < -0.4 is 0 Å². The standard InChI is InChI=1S/C11H20O4/c1-11(2,3)15-9(7-8-12)5-4-6-10(13)14/h8-9H,4-7H2,1-3H3,(H,13,14). The van der Waals surface area contributed by atoms with Gasteiger partial charge >= 0.3 is 5.97 Å². The van der Waals surface area contributed by atoms with Crippen LogP contribution in [0.3, 0.4) is 0 Å². The van der Waals surface area contributed by atoms with Crippen molar-refractivity contribution in [2.24, 2.45) is 0 Å². The van der Waals surface area contributed by atoms with Crippen LogP contribution in [0.15, 0.2) is 0 Å². The van der Waals surface area contributed by atoms with E-state index in [0.717, 1.165) is 6.29 Å². The molecule has 0 saturated heterocycles. The van der Waals surface area contributed by atoms with Crippen LogP contribution in [0.1, 0.15) is 46.5 Å². The summed E-state index contributed by atoms with van der Waals surface area (Å²) in [4.78, 5) is 20.7. The fourth-order valence-electron chi connectivity index (χ4n) is 1.31. The summed E-state index contributed by atoms with van der Waals surface area (Å²) in [6.07, 6.45) is 2.27. The van der Waals surface area contributed by atoms with Gasteiger partial charge in [-0.3, -0.25) is 4.79 Å². The summed E-state index contributed by atoms with van der Waals surface area (Å²) < 4.78 is 5.64. The van der Waals surface area contributed by atoms with E-state index in [2.05, 4.69) is 0 Å². The average molecular weight is 216 g/mol. The highest BCUT2D eigenvalue weighted by Crippen LogP contribution is 2.16. The number of carbonyl (C=O) groups excluding carboxylic acids is 1. The van der Waals surface area contributed by atoms with Gasteiger partial charge in [-0.25, -0.2) is 0 Å². The van der Waals surface area contributed by atoms with E-state index in [-0.39, 0.29) is 18.1 Å². The van der Waals surface area contributed by atoms with Gasteiger partial charge in [0.2, 0.25) is 0 Å². The number of carbonyl (C=O) groups is 2. The lowest BCUT2D eigenvalue weighted by Gasteiger charge is -2.26. The second kappa shape index (κ2) is 6.56. The quantitative estimate of drug-likeness (QED) is 0.661. The third kappa shape index (κ3) is 9.41. The van der Waals surface area contributed by atoms with Crippen LogP contribution in [0.25, 0.3) is 0 Å². The third-order valence-electron chi connectivity index (χ3n) is 1.80. The number of hydrogen-bond acceptors (Lipinski definition) is 3. The third-order valence-corrected chi connectivity index (χ3v) is 1.80. The summed E-state index contributed by atoms with van der Waals surface area (Å²) in [5.74, 6) is -0.810. The molecule has 0 fully saturated rings. The zero-order valence-electron chi connectivity index (χ0n) is 9.66. The van der Waals surface area contributed by atoms with Crippen LogP contribution >= 0.6 is 0 Å². The molecule has 1 atom stereocenters. The summed E-state index contributed by atoms with van der Waals surface area (Å²) in [5, 5.41) is 8.48. The zero-order valence-corrected chi connectivity index (χ0v) is 9.66. The van der Waals surface area contributed by atoms with Gasteiger partial charge in [0.15, 0.2) is 0 Å². The van der Waals surface area contributed by atoms with Crippen LogP contribution in [0.2, 0.25) is 0 Å². The van der Waals surface area contributed by atoms with E-state index in [9.17, 15) is 9.59 Å². The number of carboxylic acid groups (broad SMARTS) is 1. The van der Waals surface area contributed by atoms with Crippen LogP contribution in [-0.4, -0.2) is 29.1 Å². The lowest BCUT2D eigenvalue weighted by Crippen LogP contribution is -2.27. The van der Waals surface area contributed by atoms with Crippen LogP contribution in [0.4, 0.5) is 0 Å². The number of carboxylic acids is 1. The Morgan fingerprint density at radius 2 is 2.07 bits per heavy atom. The second-order valence-electron chi connectivity index (χ2n) is 4.54. The van der Waals surface area contributed by atoms with Crippen LogP contribution in [0.5, 0.6) is 0 Å². The molecule has 0 aliphatic heterocycles. The first-order valence-electron chi connectivity index (χ1n) is 5.18. The predicted octanol–water partition coefficient (Wildman–Crippen LogP) is 2.01. The lowest BCUT2D eigenvalue weighted by atomic mass is 10.1. The summed E-state index contributed by atoms with van der Waals surface area (Å²) in [6.45, 7) is 5.76. The summed E-state index contributed by atoms with van der Waals surface area (Å²) in [6, 6.07) is 0. The molecule has 15 heavy (non-hydrogen) atoms. The SMILES string of the molecule is CC(C)(C)OC(CC=O)CCCC(=O)O. The van der Waals surface area contributed by atoms with Gasteiger partial charge in [0.05, 0.1) is 11.7 Å². The Morgan fingerprint density at radius 3 is 2.47 bits per heavy atom. The zero-order chi connectivity index (χ0) is 11.9. The molecule has 0 radical (unpaired) electrons. The number of hydrogen-bond donors (Lipinski definition) is 1. The monoisotopic (exact) mass is 216 g/mol. The molecule has 88 valence electrons. The van der Waals surface area contributed by atoms with Gasteiger partial charge in [0.1, 0.15) is 6.29 Å². The van der Waals surface area contributed by atoms with Crippen molar-refractivity contribution in [1.29, 1.82) is 0 Å². The highest BCUT2D eigenvalue weighted by Gasteiger charge is 2.18. The smallest absolute Gasteiger partial charge is 0.303 e. The van der Waals surface area contributed by atoms with Gasteiger partial charge in [0, 0.05) is 12.8 Å². The Kier molecular flexibility index (Phi) is 6.17. The minimum absolute atomic E-state index is 0.128. The van der Waals surface area contributed by atoms with Gasteiger partial charge in [0.25, 0.3) is 0 Å². The lowest BCUT2D eigenvalue weighted by molar-refractivity contribution is -0.137. The Hall–Kier alpha value is -0.900. The predicted molar refractivity (Wildman–Crippen MR) is 56.8 cm³/mol. The van der Waals surface area contributed by atoms with Crippen molar-refractivity contribution in [3.05, 3.63) is 0 Å². The van der Waals surface area contributed by atoms with E-state index in [4.69, 9.17) is 9.84 Å². The molecule has 0 aromatic rings. The van der Waals surface area contributed by atoms with Crippen LogP contribution in [-0.2, 0) is 14.3 Å². The minimum Gasteiger partial charge on any atom is -0.481 e. The highest BCUT2D eigenvalue weighted by atomic mass is 16.5. The fourth-order valence-corrected chi connectivity index (χ4v) is 1.31. The molecule has 0 amide bonds. The van der Waals surface area contributed by atoms with E-state index < -0.39 is 5.97 Å². The Labute approximate surface area is 90.6 Å². The Balaban J connectivity index is 3.93. The van der Waals surface area contributed by atoms with Crippen molar-refractivity contribution < 1.29 is 19.4 Å². The topological polar surface area (TPSA) is 63.6 Å². The summed E-state index contributed by atoms with van der Waals surface area (Å²) in [5.41, 5.74) is -0.295. The van der Waals surface area contributed by atoms with Gasteiger partial charge in [-0.05, 0) is 33.6 Å². The molecule has 4 heteroatoms.